The first kappa shape index (κ1) is 14.2. The molecule has 1 aliphatic heterocycles. The summed E-state index contributed by atoms with van der Waals surface area (Å²) in [6.07, 6.45) is 3.56. The minimum atomic E-state index is 0.326. The monoisotopic (exact) mass is 281 g/mol. The Balaban J connectivity index is 1.59. The highest BCUT2D eigenvalue weighted by atomic mass is 16.5. The van der Waals surface area contributed by atoms with Crippen LogP contribution in [-0.4, -0.2) is 12.6 Å². The van der Waals surface area contributed by atoms with E-state index in [1.54, 1.807) is 0 Å². The van der Waals surface area contributed by atoms with Crippen molar-refractivity contribution in [2.24, 2.45) is 0 Å². The van der Waals surface area contributed by atoms with Crippen LogP contribution in [-0.2, 0) is 6.42 Å². The van der Waals surface area contributed by atoms with Crippen LogP contribution in [0.15, 0.2) is 54.6 Å². The first-order valence-electron chi connectivity index (χ1n) is 7.89. The zero-order valence-electron chi connectivity index (χ0n) is 12.6. The predicted molar refractivity (Wildman–Crippen MR) is 86.7 cm³/mol. The quantitative estimate of drug-likeness (QED) is 0.860. The van der Waals surface area contributed by atoms with Crippen molar-refractivity contribution in [3.05, 3.63) is 65.7 Å². The molecule has 3 rings (SSSR count). The van der Waals surface area contributed by atoms with Crippen molar-refractivity contribution in [1.82, 2.24) is 5.32 Å². The molecule has 110 valence electrons. The average Bonchev–Trinajstić information content (AvgIpc) is 2.95. The van der Waals surface area contributed by atoms with E-state index in [-0.39, 0.29) is 0 Å². The second kappa shape index (κ2) is 6.77. The van der Waals surface area contributed by atoms with Gasteiger partial charge < -0.3 is 10.1 Å². The minimum absolute atomic E-state index is 0.326. The van der Waals surface area contributed by atoms with Crippen molar-refractivity contribution in [1.29, 1.82) is 0 Å². The summed E-state index contributed by atoms with van der Waals surface area (Å²) in [6.45, 7) is 3.16. The average molecular weight is 281 g/mol. The third-order valence-electron chi connectivity index (χ3n) is 4.14. The Hall–Kier alpha value is -1.80. The number of benzene rings is 2. The molecule has 0 saturated carbocycles. The van der Waals surface area contributed by atoms with Crippen molar-refractivity contribution in [3.8, 4) is 5.75 Å². The van der Waals surface area contributed by atoms with Crippen LogP contribution in [0.4, 0.5) is 0 Å². The maximum absolute atomic E-state index is 6.04. The Bertz CT molecular complexity index is 542. The molecule has 2 unspecified atom stereocenters. The molecule has 0 saturated heterocycles. The van der Waals surface area contributed by atoms with E-state index < -0.39 is 0 Å². The van der Waals surface area contributed by atoms with E-state index >= 15 is 0 Å². The summed E-state index contributed by atoms with van der Waals surface area (Å²) in [7, 11) is 0. The summed E-state index contributed by atoms with van der Waals surface area (Å²) in [5.41, 5.74) is 2.72. The molecule has 1 heterocycles. The van der Waals surface area contributed by atoms with Gasteiger partial charge in [0.1, 0.15) is 11.9 Å². The van der Waals surface area contributed by atoms with Crippen molar-refractivity contribution < 1.29 is 4.74 Å². The molecule has 0 aliphatic carbocycles. The molecule has 0 fully saturated rings. The summed E-state index contributed by atoms with van der Waals surface area (Å²) in [6, 6.07) is 19.5. The van der Waals surface area contributed by atoms with Crippen LogP contribution in [0.3, 0.4) is 0 Å². The number of nitrogens with one attached hydrogen (secondary N) is 1. The standard InChI is InChI=1S/C19H23NO/c1-2-20-18(15-8-4-3-5-9-15)13-12-17-14-16-10-6-7-11-19(16)21-17/h3-11,17-18,20H,2,12-14H2,1H3. The van der Waals surface area contributed by atoms with Crippen LogP contribution in [0.1, 0.15) is 36.9 Å². The zero-order valence-corrected chi connectivity index (χ0v) is 12.6. The molecule has 1 aliphatic rings. The summed E-state index contributed by atoms with van der Waals surface area (Å²) in [4.78, 5) is 0. The molecule has 2 atom stereocenters. The van der Waals surface area contributed by atoms with E-state index in [0.29, 0.717) is 12.1 Å². The van der Waals surface area contributed by atoms with Crippen LogP contribution in [0.5, 0.6) is 5.75 Å². The van der Waals surface area contributed by atoms with Gasteiger partial charge in [0.15, 0.2) is 0 Å². The van der Waals surface area contributed by atoms with E-state index in [2.05, 4.69) is 60.8 Å². The van der Waals surface area contributed by atoms with Gasteiger partial charge in [0.05, 0.1) is 0 Å². The van der Waals surface area contributed by atoms with Crippen LogP contribution in [0.25, 0.3) is 0 Å². The highest BCUT2D eigenvalue weighted by Gasteiger charge is 2.23. The molecule has 2 aromatic carbocycles. The molecule has 0 aromatic heterocycles. The molecule has 0 spiro atoms. The number of fused-ring (bicyclic) bond motifs is 1. The van der Waals surface area contributed by atoms with Crippen molar-refractivity contribution in [2.75, 3.05) is 6.54 Å². The fourth-order valence-electron chi connectivity index (χ4n) is 3.09. The predicted octanol–water partition coefficient (Wildman–Crippen LogP) is 4.12. The zero-order chi connectivity index (χ0) is 14.5. The molecular formula is C19H23NO. The second-order valence-corrected chi connectivity index (χ2v) is 5.65. The Morgan fingerprint density at radius 3 is 2.62 bits per heavy atom. The molecule has 0 amide bonds. The van der Waals surface area contributed by atoms with Crippen LogP contribution in [0.2, 0.25) is 0 Å². The third kappa shape index (κ3) is 3.45. The highest BCUT2D eigenvalue weighted by molar-refractivity contribution is 5.37. The van der Waals surface area contributed by atoms with Gasteiger partial charge in [-0.2, -0.15) is 0 Å². The molecule has 2 heteroatoms. The largest absolute Gasteiger partial charge is 0.490 e. The van der Waals surface area contributed by atoms with Crippen molar-refractivity contribution in [2.45, 2.75) is 38.3 Å². The number of para-hydroxylation sites is 1. The van der Waals surface area contributed by atoms with Gasteiger partial charge in [-0.3, -0.25) is 0 Å². The lowest BCUT2D eigenvalue weighted by atomic mass is 9.98. The maximum Gasteiger partial charge on any atom is 0.123 e. The Kier molecular flexibility index (Phi) is 4.56. The lowest BCUT2D eigenvalue weighted by Gasteiger charge is -2.20. The van der Waals surface area contributed by atoms with E-state index in [4.69, 9.17) is 4.74 Å². The Labute approximate surface area is 127 Å². The van der Waals surface area contributed by atoms with E-state index in [1.165, 1.54) is 11.1 Å². The first-order chi connectivity index (χ1) is 10.4. The van der Waals surface area contributed by atoms with Gasteiger partial charge in [-0.25, -0.2) is 0 Å². The fourth-order valence-corrected chi connectivity index (χ4v) is 3.09. The van der Waals surface area contributed by atoms with Gasteiger partial charge >= 0.3 is 0 Å². The molecule has 2 aromatic rings. The van der Waals surface area contributed by atoms with E-state index in [0.717, 1.165) is 31.6 Å². The van der Waals surface area contributed by atoms with Gasteiger partial charge in [0, 0.05) is 12.5 Å². The topological polar surface area (TPSA) is 21.3 Å². The van der Waals surface area contributed by atoms with Crippen molar-refractivity contribution in [3.63, 3.8) is 0 Å². The maximum atomic E-state index is 6.04. The minimum Gasteiger partial charge on any atom is -0.490 e. The number of hydrogen-bond acceptors (Lipinski definition) is 2. The number of rotatable bonds is 6. The normalized spacial score (nSPS) is 18.0. The first-order valence-corrected chi connectivity index (χ1v) is 7.89. The molecule has 2 nitrogen and oxygen atoms in total. The lowest BCUT2D eigenvalue weighted by molar-refractivity contribution is 0.211. The van der Waals surface area contributed by atoms with Crippen LogP contribution in [0, 0.1) is 0 Å². The molecule has 1 N–H and O–H groups in total. The summed E-state index contributed by atoms with van der Waals surface area (Å²) < 4.78 is 6.04. The molecular weight excluding hydrogens is 258 g/mol. The van der Waals surface area contributed by atoms with Gasteiger partial charge in [-0.15, -0.1) is 0 Å². The smallest absolute Gasteiger partial charge is 0.123 e. The van der Waals surface area contributed by atoms with Gasteiger partial charge in [-0.1, -0.05) is 55.5 Å². The molecule has 21 heavy (non-hydrogen) atoms. The van der Waals surface area contributed by atoms with Gasteiger partial charge in [0.25, 0.3) is 0 Å². The second-order valence-electron chi connectivity index (χ2n) is 5.65. The Morgan fingerprint density at radius 1 is 1.10 bits per heavy atom. The van der Waals surface area contributed by atoms with Crippen LogP contribution < -0.4 is 10.1 Å². The molecule has 0 bridgehead atoms. The van der Waals surface area contributed by atoms with Crippen molar-refractivity contribution >= 4 is 0 Å². The highest BCUT2D eigenvalue weighted by Crippen LogP contribution is 2.31. The van der Waals surface area contributed by atoms with E-state index in [1.807, 2.05) is 6.07 Å². The Morgan fingerprint density at radius 2 is 1.86 bits per heavy atom. The number of ether oxygens (including phenoxy) is 1. The number of hydrogen-bond donors (Lipinski definition) is 1. The van der Waals surface area contributed by atoms with E-state index in [9.17, 15) is 0 Å². The fraction of sp³-hybridized carbons (Fsp3) is 0.368. The van der Waals surface area contributed by atoms with Gasteiger partial charge in [0.2, 0.25) is 0 Å². The third-order valence-corrected chi connectivity index (χ3v) is 4.14. The van der Waals surface area contributed by atoms with Crippen LogP contribution >= 0.6 is 0 Å². The SMILES string of the molecule is CCNC(CCC1Cc2ccccc2O1)c1ccccc1. The summed E-state index contributed by atoms with van der Waals surface area (Å²) in [5.74, 6) is 1.07. The summed E-state index contributed by atoms with van der Waals surface area (Å²) >= 11 is 0. The molecule has 0 radical (unpaired) electrons. The van der Waals surface area contributed by atoms with Gasteiger partial charge in [-0.05, 0) is 36.6 Å². The lowest BCUT2D eigenvalue weighted by Crippen LogP contribution is -2.23. The summed E-state index contributed by atoms with van der Waals surface area (Å²) in [5, 5.41) is 3.59.